The molecule has 0 spiro atoms. The van der Waals surface area contributed by atoms with Crippen LogP contribution < -0.4 is 15.6 Å². The van der Waals surface area contributed by atoms with Gasteiger partial charge in [0.1, 0.15) is 11.4 Å². The number of nitrogens with zero attached hydrogens (tertiary/aromatic N) is 3. The normalized spacial score (nSPS) is 10.8. The second-order valence-corrected chi connectivity index (χ2v) is 6.86. The number of nitrogens with one attached hydrogen (secondary N) is 1. The van der Waals surface area contributed by atoms with Gasteiger partial charge in [0.15, 0.2) is 11.2 Å². The zero-order valence-electron chi connectivity index (χ0n) is 16.1. The second kappa shape index (κ2) is 7.63. The molecule has 0 fully saturated rings. The van der Waals surface area contributed by atoms with Crippen molar-refractivity contribution >= 4 is 28.4 Å². The minimum Gasteiger partial charge on any atom is -0.451 e. The van der Waals surface area contributed by atoms with E-state index in [-0.39, 0.29) is 11.2 Å². The lowest BCUT2D eigenvalue weighted by Gasteiger charge is -2.13. The second-order valence-electron chi connectivity index (χ2n) is 6.86. The maximum Gasteiger partial charge on any atom is 0.292 e. The van der Waals surface area contributed by atoms with Gasteiger partial charge < -0.3 is 14.6 Å². The number of aromatic nitrogens is 2. The first-order chi connectivity index (χ1) is 14.0. The van der Waals surface area contributed by atoms with Crippen LogP contribution in [0, 0.1) is 0 Å². The van der Waals surface area contributed by atoms with E-state index >= 15 is 0 Å². The van der Waals surface area contributed by atoms with Crippen LogP contribution in [0.25, 0.3) is 11.0 Å². The first-order valence-corrected chi connectivity index (χ1v) is 9.13. The Morgan fingerprint density at radius 2 is 1.86 bits per heavy atom. The number of fused-ring (bicyclic) bond motifs is 1. The molecule has 0 aliphatic rings. The van der Waals surface area contributed by atoms with Crippen LogP contribution in [0.3, 0.4) is 0 Å². The molecule has 0 unspecified atom stereocenters. The molecule has 0 aliphatic carbocycles. The minimum absolute atomic E-state index is 0.0446. The third-order valence-electron chi connectivity index (χ3n) is 4.60. The van der Waals surface area contributed by atoms with E-state index in [1.54, 1.807) is 41.2 Å². The predicted molar refractivity (Wildman–Crippen MR) is 113 cm³/mol. The number of rotatable bonds is 5. The van der Waals surface area contributed by atoms with Crippen molar-refractivity contribution in [2.75, 3.05) is 24.3 Å². The van der Waals surface area contributed by atoms with Gasteiger partial charge in [0, 0.05) is 31.9 Å². The summed E-state index contributed by atoms with van der Waals surface area (Å²) in [7, 11) is 3.97. The molecule has 0 aliphatic heterocycles. The molecule has 7 nitrogen and oxygen atoms in total. The fourth-order valence-corrected chi connectivity index (χ4v) is 3.03. The summed E-state index contributed by atoms with van der Waals surface area (Å²) in [5, 5.41) is 7.49. The SMILES string of the molecule is CN(C)c1ccc(Cn2nccc2NC(=O)c2cc(=O)c3ccccc3o2)cc1. The summed E-state index contributed by atoms with van der Waals surface area (Å²) in [4.78, 5) is 26.9. The van der Waals surface area contributed by atoms with E-state index in [0.29, 0.717) is 23.3 Å². The van der Waals surface area contributed by atoms with Crippen molar-refractivity contribution in [2.24, 2.45) is 0 Å². The fraction of sp³-hybridized carbons (Fsp3) is 0.136. The average molecular weight is 388 g/mol. The van der Waals surface area contributed by atoms with Gasteiger partial charge in [0.25, 0.3) is 5.91 Å². The lowest BCUT2D eigenvalue weighted by atomic mass is 10.2. The summed E-state index contributed by atoms with van der Waals surface area (Å²) in [6, 6.07) is 17.8. The average Bonchev–Trinajstić information content (AvgIpc) is 3.15. The Bertz CT molecular complexity index is 1220. The molecule has 2 heterocycles. The van der Waals surface area contributed by atoms with Gasteiger partial charge in [-0.15, -0.1) is 0 Å². The van der Waals surface area contributed by atoms with E-state index in [4.69, 9.17) is 4.42 Å². The zero-order chi connectivity index (χ0) is 20.4. The van der Waals surface area contributed by atoms with Crippen molar-refractivity contribution in [2.45, 2.75) is 6.54 Å². The van der Waals surface area contributed by atoms with Crippen LogP contribution in [-0.4, -0.2) is 29.8 Å². The van der Waals surface area contributed by atoms with E-state index in [2.05, 4.69) is 10.4 Å². The van der Waals surface area contributed by atoms with E-state index in [0.717, 1.165) is 11.3 Å². The van der Waals surface area contributed by atoms with Gasteiger partial charge in [0.2, 0.25) is 0 Å². The standard InChI is InChI=1S/C22H20N4O3/c1-25(2)16-9-7-15(8-10-16)14-26-21(11-12-23-26)24-22(28)20-13-18(27)17-5-3-4-6-19(17)29-20/h3-13H,14H2,1-2H3,(H,24,28). The number of anilines is 2. The highest BCUT2D eigenvalue weighted by atomic mass is 16.3. The third-order valence-corrected chi connectivity index (χ3v) is 4.60. The van der Waals surface area contributed by atoms with E-state index in [9.17, 15) is 9.59 Å². The molecule has 4 aromatic rings. The zero-order valence-corrected chi connectivity index (χ0v) is 16.1. The van der Waals surface area contributed by atoms with Crippen LogP contribution >= 0.6 is 0 Å². The molecule has 0 radical (unpaired) electrons. The van der Waals surface area contributed by atoms with Gasteiger partial charge in [0.05, 0.1) is 18.1 Å². The number of amides is 1. The molecule has 2 aromatic carbocycles. The molecule has 1 amide bonds. The quantitative estimate of drug-likeness (QED) is 0.567. The summed E-state index contributed by atoms with van der Waals surface area (Å²) < 4.78 is 7.28. The summed E-state index contributed by atoms with van der Waals surface area (Å²) in [6.45, 7) is 0.498. The minimum atomic E-state index is -0.502. The molecule has 7 heteroatoms. The first-order valence-electron chi connectivity index (χ1n) is 9.13. The highest BCUT2D eigenvalue weighted by Gasteiger charge is 2.14. The monoisotopic (exact) mass is 388 g/mol. The van der Waals surface area contributed by atoms with Gasteiger partial charge in [-0.2, -0.15) is 5.10 Å². The molecule has 1 N–H and O–H groups in total. The van der Waals surface area contributed by atoms with Crippen LogP contribution in [0.1, 0.15) is 16.1 Å². The fourth-order valence-electron chi connectivity index (χ4n) is 3.03. The Kier molecular flexibility index (Phi) is 4.87. The van der Waals surface area contributed by atoms with Gasteiger partial charge >= 0.3 is 0 Å². The molecule has 146 valence electrons. The van der Waals surface area contributed by atoms with Gasteiger partial charge in [-0.05, 0) is 29.8 Å². The lowest BCUT2D eigenvalue weighted by molar-refractivity contribution is 0.0996. The van der Waals surface area contributed by atoms with Crippen molar-refractivity contribution in [3.8, 4) is 0 Å². The lowest BCUT2D eigenvalue weighted by Crippen LogP contribution is -2.18. The number of hydrogen-bond acceptors (Lipinski definition) is 5. The summed E-state index contributed by atoms with van der Waals surface area (Å²) in [5.41, 5.74) is 2.27. The van der Waals surface area contributed by atoms with Gasteiger partial charge in [-0.1, -0.05) is 24.3 Å². The van der Waals surface area contributed by atoms with Crippen LogP contribution in [0.4, 0.5) is 11.5 Å². The van der Waals surface area contributed by atoms with E-state index < -0.39 is 5.91 Å². The molecule has 0 atom stereocenters. The van der Waals surface area contributed by atoms with Crippen molar-refractivity contribution in [1.82, 2.24) is 9.78 Å². The summed E-state index contributed by atoms with van der Waals surface area (Å²) in [6.07, 6.45) is 1.61. The predicted octanol–water partition coefficient (Wildman–Crippen LogP) is 3.36. The number of carbonyl (C=O) groups excluding carboxylic acids is 1. The van der Waals surface area contributed by atoms with E-state index in [1.807, 2.05) is 43.3 Å². The molecular weight excluding hydrogens is 368 g/mol. The molecule has 29 heavy (non-hydrogen) atoms. The van der Waals surface area contributed by atoms with Crippen LogP contribution in [0.2, 0.25) is 0 Å². The number of benzene rings is 2. The maximum atomic E-state index is 12.6. The molecule has 0 bridgehead atoms. The molecular formula is C22H20N4O3. The van der Waals surface area contributed by atoms with Crippen LogP contribution in [0.15, 0.2) is 76.1 Å². The third kappa shape index (κ3) is 3.89. The molecule has 2 aromatic heterocycles. The van der Waals surface area contributed by atoms with E-state index in [1.165, 1.54) is 6.07 Å². The largest absolute Gasteiger partial charge is 0.451 e. The van der Waals surface area contributed by atoms with Crippen molar-refractivity contribution in [1.29, 1.82) is 0 Å². The van der Waals surface area contributed by atoms with Crippen molar-refractivity contribution in [3.63, 3.8) is 0 Å². The van der Waals surface area contributed by atoms with Crippen molar-refractivity contribution in [3.05, 3.63) is 88.4 Å². The Balaban J connectivity index is 1.54. The summed E-state index contributed by atoms with van der Waals surface area (Å²) in [5.74, 6) is -0.0307. The first kappa shape index (κ1) is 18.5. The molecule has 0 saturated heterocycles. The van der Waals surface area contributed by atoms with Crippen molar-refractivity contribution < 1.29 is 9.21 Å². The Hall–Kier alpha value is -3.87. The highest BCUT2D eigenvalue weighted by molar-refractivity contribution is 6.02. The van der Waals surface area contributed by atoms with Gasteiger partial charge in [-0.25, -0.2) is 4.68 Å². The summed E-state index contributed by atoms with van der Waals surface area (Å²) >= 11 is 0. The smallest absolute Gasteiger partial charge is 0.292 e. The Morgan fingerprint density at radius 1 is 1.10 bits per heavy atom. The maximum absolute atomic E-state index is 12.6. The topological polar surface area (TPSA) is 80.4 Å². The number of carbonyl (C=O) groups is 1. The van der Waals surface area contributed by atoms with Crippen LogP contribution in [-0.2, 0) is 6.54 Å². The van der Waals surface area contributed by atoms with Crippen LogP contribution in [0.5, 0.6) is 0 Å². The molecule has 4 rings (SSSR count). The Morgan fingerprint density at radius 3 is 2.62 bits per heavy atom. The molecule has 0 saturated carbocycles. The van der Waals surface area contributed by atoms with Gasteiger partial charge in [-0.3, -0.25) is 9.59 Å². The Labute approximate surface area is 167 Å². The number of para-hydroxylation sites is 1. The number of hydrogen-bond donors (Lipinski definition) is 1. The highest BCUT2D eigenvalue weighted by Crippen LogP contribution is 2.17.